The van der Waals surface area contributed by atoms with E-state index in [2.05, 4.69) is 0 Å². The first-order valence-corrected chi connectivity index (χ1v) is 14.2. The van der Waals surface area contributed by atoms with Crippen LogP contribution in [0, 0.1) is 23.7 Å². The number of hydrogen-bond donors (Lipinski definition) is 0. The number of benzene rings is 3. The molecule has 1 aromatic heterocycles. The number of methoxy groups -OCH3 is 1. The van der Waals surface area contributed by atoms with E-state index in [1.807, 2.05) is 12.1 Å². The summed E-state index contributed by atoms with van der Waals surface area (Å²) in [6.45, 7) is -0.422. The zero-order valence-corrected chi connectivity index (χ0v) is 23.0. The molecule has 4 aromatic rings. The third-order valence-electron chi connectivity index (χ3n) is 9.01. The first kappa shape index (κ1) is 26.1. The van der Waals surface area contributed by atoms with E-state index >= 15 is 0 Å². The first-order chi connectivity index (χ1) is 20.4. The molecule has 0 spiro atoms. The van der Waals surface area contributed by atoms with Crippen molar-refractivity contribution in [2.45, 2.75) is 19.3 Å². The van der Waals surface area contributed by atoms with Crippen molar-refractivity contribution in [2.24, 2.45) is 23.7 Å². The van der Waals surface area contributed by atoms with E-state index < -0.39 is 12.6 Å². The Hall–Kier alpha value is -4.85. The van der Waals surface area contributed by atoms with Gasteiger partial charge >= 0.3 is 5.97 Å². The van der Waals surface area contributed by atoms with Crippen molar-refractivity contribution in [1.29, 1.82) is 0 Å². The summed E-state index contributed by atoms with van der Waals surface area (Å²) in [5, 5.41) is 0.603. The molecule has 3 fully saturated rings. The number of Topliss-reactive ketones (excluding diaryl/α,β-unsaturated/α-hetero) is 1. The number of anilines is 1. The van der Waals surface area contributed by atoms with Crippen LogP contribution in [0.4, 0.5) is 5.69 Å². The van der Waals surface area contributed by atoms with Crippen molar-refractivity contribution >= 4 is 40.2 Å². The monoisotopic (exact) mass is 560 g/mol. The molecule has 2 bridgehead atoms. The maximum atomic E-state index is 13.3. The molecule has 1 saturated heterocycles. The minimum absolute atomic E-state index is 0.0812. The van der Waals surface area contributed by atoms with Crippen LogP contribution >= 0.6 is 0 Å². The number of imide groups is 1. The molecule has 42 heavy (non-hydrogen) atoms. The molecule has 3 aliphatic rings. The molecule has 2 heterocycles. The Morgan fingerprint density at radius 1 is 0.881 bits per heavy atom. The summed E-state index contributed by atoms with van der Waals surface area (Å²) in [6, 6.07) is 22.7. The van der Waals surface area contributed by atoms with Gasteiger partial charge in [-0.2, -0.15) is 0 Å². The molecule has 4 atom stereocenters. The number of pyridine rings is 1. The molecule has 7 rings (SSSR count). The summed E-state index contributed by atoms with van der Waals surface area (Å²) >= 11 is 0. The number of para-hydroxylation sites is 1. The number of esters is 1. The van der Waals surface area contributed by atoms with Gasteiger partial charge < -0.3 is 9.47 Å². The number of nitrogens with zero attached hydrogens (tertiary/aromatic N) is 2. The lowest BCUT2D eigenvalue weighted by atomic mass is 9.81. The highest BCUT2D eigenvalue weighted by Crippen LogP contribution is 2.56. The largest absolute Gasteiger partial charge is 0.497 e. The average Bonchev–Trinajstić information content (AvgIpc) is 3.72. The summed E-state index contributed by atoms with van der Waals surface area (Å²) in [7, 11) is 1.52. The van der Waals surface area contributed by atoms with Crippen LogP contribution in [0.15, 0.2) is 78.9 Å². The summed E-state index contributed by atoms with van der Waals surface area (Å²) in [6.07, 6.45) is 3.06. The number of rotatable bonds is 7. The second-order valence-corrected chi connectivity index (χ2v) is 11.2. The molecular formula is C34H28N2O6. The Labute approximate surface area is 242 Å². The Balaban J connectivity index is 1.14. The number of amides is 2. The fourth-order valence-corrected chi connectivity index (χ4v) is 7.03. The van der Waals surface area contributed by atoms with Crippen LogP contribution in [0.3, 0.4) is 0 Å². The lowest BCUT2D eigenvalue weighted by Crippen LogP contribution is -2.32. The van der Waals surface area contributed by atoms with E-state index in [4.69, 9.17) is 14.5 Å². The fourth-order valence-electron chi connectivity index (χ4n) is 7.03. The molecule has 8 nitrogen and oxygen atoms in total. The smallest absolute Gasteiger partial charge is 0.339 e. The third kappa shape index (κ3) is 4.26. The van der Waals surface area contributed by atoms with Gasteiger partial charge in [-0.3, -0.25) is 19.3 Å². The first-order valence-electron chi connectivity index (χ1n) is 14.2. The van der Waals surface area contributed by atoms with E-state index in [0.29, 0.717) is 51.0 Å². The SMILES string of the molecule is COc1cccc(C(=O)COC(=O)c2cc(-c3ccc(N4C(=O)C5C6CCC(C6)C5C4=O)cc3)nc3ccccc23)c1. The predicted molar refractivity (Wildman–Crippen MR) is 155 cm³/mol. The fraction of sp³-hybridized carbons (Fsp3) is 0.265. The van der Waals surface area contributed by atoms with Crippen LogP contribution in [0.5, 0.6) is 5.75 Å². The summed E-state index contributed by atoms with van der Waals surface area (Å²) in [5.41, 5.74) is 3.06. The van der Waals surface area contributed by atoms with Crippen molar-refractivity contribution in [3.63, 3.8) is 0 Å². The van der Waals surface area contributed by atoms with Gasteiger partial charge in [0, 0.05) is 16.5 Å². The van der Waals surface area contributed by atoms with Crippen LogP contribution in [-0.2, 0) is 14.3 Å². The molecule has 2 aliphatic carbocycles. The van der Waals surface area contributed by atoms with Crippen molar-refractivity contribution in [1.82, 2.24) is 4.98 Å². The lowest BCUT2D eigenvalue weighted by Gasteiger charge is -2.19. The molecular weight excluding hydrogens is 532 g/mol. The number of fused-ring (bicyclic) bond motifs is 6. The maximum Gasteiger partial charge on any atom is 0.339 e. The maximum absolute atomic E-state index is 13.3. The molecule has 0 N–H and O–H groups in total. The Kier molecular flexibility index (Phi) is 6.34. The van der Waals surface area contributed by atoms with Crippen molar-refractivity contribution in [3.05, 3.63) is 90.0 Å². The molecule has 210 valence electrons. The van der Waals surface area contributed by atoms with E-state index in [0.717, 1.165) is 19.3 Å². The van der Waals surface area contributed by atoms with Gasteiger partial charge in [-0.25, -0.2) is 9.78 Å². The summed E-state index contributed by atoms with van der Waals surface area (Å²) in [5.74, 6) is -0.319. The normalized spacial score (nSPS) is 22.5. The topological polar surface area (TPSA) is 103 Å². The Bertz CT molecular complexity index is 1740. The zero-order chi connectivity index (χ0) is 29.0. The molecule has 4 unspecified atom stereocenters. The van der Waals surface area contributed by atoms with Crippen LogP contribution in [-0.4, -0.2) is 42.3 Å². The van der Waals surface area contributed by atoms with Crippen molar-refractivity contribution in [2.75, 3.05) is 18.6 Å². The van der Waals surface area contributed by atoms with E-state index in [1.54, 1.807) is 66.7 Å². The second kappa shape index (κ2) is 10.2. The molecule has 8 heteroatoms. The highest BCUT2D eigenvalue weighted by atomic mass is 16.5. The Morgan fingerprint density at radius 2 is 1.60 bits per heavy atom. The summed E-state index contributed by atoms with van der Waals surface area (Å²) in [4.78, 5) is 58.6. The van der Waals surface area contributed by atoms with E-state index in [9.17, 15) is 19.2 Å². The van der Waals surface area contributed by atoms with Crippen LogP contribution in [0.25, 0.3) is 22.2 Å². The van der Waals surface area contributed by atoms with Gasteiger partial charge in [-0.15, -0.1) is 0 Å². The third-order valence-corrected chi connectivity index (χ3v) is 9.01. The minimum atomic E-state index is -0.642. The van der Waals surface area contributed by atoms with Gasteiger partial charge in [0.25, 0.3) is 0 Å². The average molecular weight is 561 g/mol. The Morgan fingerprint density at radius 3 is 2.31 bits per heavy atom. The molecule has 1 aliphatic heterocycles. The van der Waals surface area contributed by atoms with E-state index in [1.165, 1.54) is 12.0 Å². The van der Waals surface area contributed by atoms with Crippen LogP contribution in [0.2, 0.25) is 0 Å². The van der Waals surface area contributed by atoms with Gasteiger partial charge in [-0.05, 0) is 67.5 Å². The molecule has 3 aromatic carbocycles. The van der Waals surface area contributed by atoms with Crippen molar-refractivity contribution in [3.8, 4) is 17.0 Å². The zero-order valence-electron chi connectivity index (χ0n) is 23.0. The predicted octanol–water partition coefficient (Wildman–Crippen LogP) is 5.49. The van der Waals surface area contributed by atoms with Gasteiger partial charge in [0.05, 0.1) is 41.4 Å². The van der Waals surface area contributed by atoms with Crippen LogP contribution in [0.1, 0.15) is 40.0 Å². The van der Waals surface area contributed by atoms with Crippen molar-refractivity contribution < 1.29 is 28.7 Å². The number of carbonyl (C=O) groups excluding carboxylic acids is 4. The van der Waals surface area contributed by atoms with E-state index in [-0.39, 0.29) is 35.0 Å². The molecule has 2 amide bonds. The van der Waals surface area contributed by atoms with Gasteiger partial charge in [0.15, 0.2) is 12.4 Å². The number of aromatic nitrogens is 1. The standard InChI is InChI=1S/C34H28N2O6/c1-41-24-6-4-5-20(16-24)29(37)18-42-34(40)26-17-28(35-27-8-3-2-7-25(26)27)19-11-13-23(14-12-19)36-32(38)30-21-9-10-22(15-21)31(30)33(36)39/h2-8,11-14,16-17,21-22,30-31H,9-10,15,18H2,1H3. The van der Waals surface area contributed by atoms with Gasteiger partial charge in [0.2, 0.25) is 11.8 Å². The van der Waals surface area contributed by atoms with Gasteiger partial charge in [0.1, 0.15) is 5.75 Å². The number of ketones is 1. The van der Waals surface area contributed by atoms with Gasteiger partial charge in [-0.1, -0.05) is 42.5 Å². The highest BCUT2D eigenvalue weighted by molar-refractivity contribution is 6.22. The quantitative estimate of drug-likeness (QED) is 0.167. The molecule has 2 saturated carbocycles. The number of hydrogen-bond acceptors (Lipinski definition) is 7. The van der Waals surface area contributed by atoms with Crippen LogP contribution < -0.4 is 9.64 Å². The summed E-state index contributed by atoms with van der Waals surface area (Å²) < 4.78 is 10.6. The number of ether oxygens (including phenoxy) is 2. The minimum Gasteiger partial charge on any atom is -0.497 e. The lowest BCUT2D eigenvalue weighted by molar-refractivity contribution is -0.123. The second-order valence-electron chi connectivity index (χ2n) is 11.2. The molecule has 0 radical (unpaired) electrons. The number of carbonyl (C=O) groups is 4. The highest BCUT2D eigenvalue weighted by Gasteiger charge is 2.61.